The number of aromatic nitrogens is 2. The van der Waals surface area contributed by atoms with Crippen LogP contribution in [0.3, 0.4) is 0 Å². The molecule has 1 saturated heterocycles. The Balaban J connectivity index is 0.938. The molecular weight excluding hydrogens is 841 g/mol. The number of carbonyl (C=O) groups excluding carboxylic acids is 5. The summed E-state index contributed by atoms with van der Waals surface area (Å²) in [6.07, 6.45) is 0.834. The van der Waals surface area contributed by atoms with Gasteiger partial charge in [-0.25, -0.2) is 13.5 Å². The second-order valence-corrected chi connectivity index (χ2v) is 17.8. The second kappa shape index (κ2) is 19.6. The van der Waals surface area contributed by atoms with Gasteiger partial charge in [-0.05, 0) is 81.2 Å². The standard InChI is InChI=1S/C43H57ClF5N7O6/c1-50-33(22-28-21-29(44)15-16-31(28)32-23-51-56-19-10-20-62-39(32)56)37(59)53(2)17-8-6-4-5-7-11-30(24-57)54(3)38(60)35(27-13-14-27)52-36(58)34-12-9-18-55(34)40(61)41(43(47,48)49)25-42(45,46)26-41/h15-16,21,23-24,27,30,33-35,50H,4-14,17-20,22,25-26H2,1-3H3,(H,52,58)/t30-,33-,34-,35-/m0/s1. The van der Waals surface area contributed by atoms with E-state index < -0.39 is 72.2 Å². The lowest BCUT2D eigenvalue weighted by atomic mass is 9.64. The fraction of sp³-hybridized carbons (Fsp3) is 0.674. The molecule has 2 N–H and O–H groups in total. The van der Waals surface area contributed by atoms with Gasteiger partial charge in [0.1, 0.15) is 18.4 Å². The van der Waals surface area contributed by atoms with Crippen LogP contribution < -0.4 is 15.4 Å². The summed E-state index contributed by atoms with van der Waals surface area (Å²) < 4.78 is 77.1. The van der Waals surface area contributed by atoms with E-state index in [0.717, 1.165) is 60.2 Å². The highest BCUT2D eigenvalue weighted by Gasteiger charge is 2.74. The summed E-state index contributed by atoms with van der Waals surface area (Å²) in [5.74, 6) is -6.10. The maximum atomic E-state index is 14.0. The third-order valence-electron chi connectivity index (χ3n) is 12.9. The summed E-state index contributed by atoms with van der Waals surface area (Å²) in [5, 5.41) is 10.9. The molecular formula is C43H57ClF5N7O6. The summed E-state index contributed by atoms with van der Waals surface area (Å²) >= 11 is 6.41. The molecule has 6 rings (SSSR count). The van der Waals surface area contributed by atoms with E-state index in [1.165, 1.54) is 11.9 Å². The number of nitrogens with zero attached hydrogens (tertiary/aromatic N) is 5. The number of aryl methyl sites for hydroxylation is 1. The smallest absolute Gasteiger partial charge is 0.403 e. The minimum atomic E-state index is -5.22. The number of fused-ring (bicyclic) bond motifs is 1. The van der Waals surface area contributed by atoms with Crippen LogP contribution in [0.2, 0.25) is 5.02 Å². The van der Waals surface area contributed by atoms with Crippen LogP contribution in [0.25, 0.3) is 11.1 Å². The van der Waals surface area contributed by atoms with Crippen molar-refractivity contribution in [2.75, 3.05) is 40.8 Å². The van der Waals surface area contributed by atoms with Crippen molar-refractivity contribution >= 4 is 41.5 Å². The first-order chi connectivity index (χ1) is 29.4. The molecule has 1 aromatic heterocycles. The molecule has 62 heavy (non-hydrogen) atoms. The van der Waals surface area contributed by atoms with Crippen molar-refractivity contribution in [3.05, 3.63) is 35.0 Å². The summed E-state index contributed by atoms with van der Waals surface area (Å²) in [6, 6.07) is 1.94. The first kappa shape index (κ1) is 47.2. The number of amides is 4. The number of likely N-dealkylation sites (N-methyl/N-ethyl adjacent to an activating group) is 3. The maximum Gasteiger partial charge on any atom is 0.403 e. The van der Waals surface area contributed by atoms with Crippen molar-refractivity contribution in [2.45, 2.75) is 133 Å². The number of likely N-dealkylation sites (tertiary alicyclic amines) is 1. The number of unbranched alkanes of at least 4 members (excludes halogenated alkanes) is 4. The van der Waals surface area contributed by atoms with Gasteiger partial charge >= 0.3 is 6.18 Å². The molecule has 13 nitrogen and oxygen atoms in total. The first-order valence-electron chi connectivity index (χ1n) is 21.6. The largest absolute Gasteiger partial charge is 0.477 e. The van der Waals surface area contributed by atoms with E-state index in [9.17, 15) is 45.9 Å². The molecule has 2 saturated carbocycles. The number of ether oxygens (including phenoxy) is 1. The molecule has 3 heterocycles. The van der Waals surface area contributed by atoms with Crippen molar-refractivity contribution < 1.29 is 50.7 Å². The van der Waals surface area contributed by atoms with Gasteiger partial charge in [0, 0.05) is 58.0 Å². The van der Waals surface area contributed by atoms with Crippen LogP contribution in [-0.4, -0.2) is 132 Å². The number of rotatable bonds is 20. The van der Waals surface area contributed by atoms with Crippen molar-refractivity contribution in [1.29, 1.82) is 0 Å². The Bertz CT molecular complexity index is 1950. The second-order valence-electron chi connectivity index (χ2n) is 17.4. The zero-order valence-corrected chi connectivity index (χ0v) is 36.2. The highest BCUT2D eigenvalue weighted by Crippen LogP contribution is 2.61. The fourth-order valence-corrected chi connectivity index (χ4v) is 9.24. The van der Waals surface area contributed by atoms with Crippen LogP contribution in [0.15, 0.2) is 24.4 Å². The van der Waals surface area contributed by atoms with E-state index in [1.54, 1.807) is 25.2 Å². The van der Waals surface area contributed by atoms with Gasteiger partial charge in [0.25, 0.3) is 5.92 Å². The van der Waals surface area contributed by atoms with Crippen LogP contribution in [0.5, 0.6) is 5.88 Å². The van der Waals surface area contributed by atoms with E-state index in [2.05, 4.69) is 15.7 Å². The van der Waals surface area contributed by atoms with Crippen LogP contribution >= 0.6 is 11.6 Å². The van der Waals surface area contributed by atoms with Gasteiger partial charge < -0.3 is 34.9 Å². The number of benzene rings is 1. The predicted molar refractivity (Wildman–Crippen MR) is 219 cm³/mol. The normalized spacial score (nSPS) is 20.5. The lowest BCUT2D eigenvalue weighted by Gasteiger charge is -2.48. The molecule has 0 radical (unpaired) electrons. The Hall–Kier alpha value is -4.32. The van der Waals surface area contributed by atoms with Gasteiger partial charge in [-0.1, -0.05) is 43.4 Å². The van der Waals surface area contributed by atoms with Gasteiger partial charge in [0.2, 0.25) is 29.5 Å². The van der Waals surface area contributed by atoms with Crippen molar-refractivity contribution in [1.82, 2.24) is 35.1 Å². The van der Waals surface area contributed by atoms with E-state index in [0.29, 0.717) is 62.4 Å². The lowest BCUT2D eigenvalue weighted by molar-refractivity contribution is -0.299. The zero-order chi connectivity index (χ0) is 45.0. The molecule has 1 aromatic carbocycles. The Morgan fingerprint density at radius 1 is 1.00 bits per heavy atom. The average Bonchev–Trinajstić information content (AvgIpc) is 3.78. The van der Waals surface area contributed by atoms with Crippen molar-refractivity contribution in [3.8, 4) is 17.0 Å². The highest BCUT2D eigenvalue weighted by atomic mass is 35.5. The lowest BCUT2D eigenvalue weighted by Crippen LogP contribution is -2.65. The molecule has 0 bridgehead atoms. The third-order valence-corrected chi connectivity index (χ3v) is 13.1. The molecule has 2 aromatic rings. The molecule has 342 valence electrons. The average molecular weight is 898 g/mol. The molecule has 2 aliphatic heterocycles. The Kier molecular flexibility index (Phi) is 14.9. The topological polar surface area (TPSA) is 146 Å². The number of hydrogen-bond donors (Lipinski definition) is 2. The molecule has 2 aliphatic carbocycles. The number of hydrogen-bond acceptors (Lipinski definition) is 8. The molecule has 3 fully saturated rings. The Morgan fingerprint density at radius 3 is 2.37 bits per heavy atom. The van der Waals surface area contributed by atoms with Gasteiger partial charge in [0.05, 0.1) is 30.5 Å². The SMILES string of the molecule is CN[C@@H](Cc1cc(Cl)ccc1-c1cnn2c1OCCC2)C(=O)N(C)CCCCCCC[C@@H](C=O)N(C)C(=O)[C@@H](NC(=O)[C@@H]1CCCN1C(=O)C1(C(F)(F)F)CC(F)(F)C1)C1CC1. The van der Waals surface area contributed by atoms with E-state index >= 15 is 0 Å². The van der Waals surface area contributed by atoms with E-state index in [1.807, 2.05) is 22.9 Å². The maximum absolute atomic E-state index is 14.0. The number of carbonyl (C=O) groups is 5. The third kappa shape index (κ3) is 10.4. The Morgan fingerprint density at radius 2 is 1.71 bits per heavy atom. The fourth-order valence-electron chi connectivity index (χ4n) is 9.05. The summed E-state index contributed by atoms with van der Waals surface area (Å²) in [7, 11) is 5.00. The number of nitrogens with one attached hydrogen (secondary N) is 2. The zero-order valence-electron chi connectivity index (χ0n) is 35.5. The quantitative estimate of drug-likeness (QED) is 0.0964. The van der Waals surface area contributed by atoms with Crippen LogP contribution in [0, 0.1) is 11.3 Å². The number of alkyl halides is 5. The van der Waals surface area contributed by atoms with Gasteiger partial charge in [0.15, 0.2) is 5.41 Å². The minimum Gasteiger partial charge on any atom is -0.477 e. The molecule has 0 spiro atoms. The van der Waals surface area contributed by atoms with Crippen molar-refractivity contribution in [3.63, 3.8) is 0 Å². The van der Waals surface area contributed by atoms with Crippen LogP contribution in [-0.2, 0) is 36.9 Å². The summed E-state index contributed by atoms with van der Waals surface area (Å²) in [5.41, 5.74) is -0.588. The van der Waals surface area contributed by atoms with Gasteiger partial charge in [-0.3, -0.25) is 19.2 Å². The number of aldehydes is 1. The van der Waals surface area contributed by atoms with Gasteiger partial charge in [-0.2, -0.15) is 18.3 Å². The van der Waals surface area contributed by atoms with Crippen molar-refractivity contribution in [2.24, 2.45) is 11.3 Å². The van der Waals surface area contributed by atoms with E-state index in [4.69, 9.17) is 16.3 Å². The van der Waals surface area contributed by atoms with E-state index in [-0.39, 0.29) is 31.2 Å². The summed E-state index contributed by atoms with van der Waals surface area (Å²) in [4.78, 5) is 69.8. The van der Waals surface area contributed by atoms with Crippen LogP contribution in [0.4, 0.5) is 22.0 Å². The Labute approximate surface area is 363 Å². The molecule has 0 unspecified atom stereocenters. The molecule has 4 atom stereocenters. The molecule has 4 amide bonds. The highest BCUT2D eigenvalue weighted by molar-refractivity contribution is 6.30. The summed E-state index contributed by atoms with van der Waals surface area (Å²) in [6.45, 7) is 1.73. The molecule has 4 aliphatic rings. The monoisotopic (exact) mass is 897 g/mol. The minimum absolute atomic E-state index is 0.0272. The molecule has 19 heteroatoms. The van der Waals surface area contributed by atoms with Crippen LogP contribution in [0.1, 0.15) is 89.0 Å². The number of halogens is 6. The first-order valence-corrected chi connectivity index (χ1v) is 22.0. The van der Waals surface area contributed by atoms with Gasteiger partial charge in [-0.15, -0.1) is 0 Å². The predicted octanol–water partition coefficient (Wildman–Crippen LogP) is 5.81.